The Kier molecular flexibility index (Phi) is 3.98. The standard InChI is InChI=1S/C19H17NO3/c1-12-7-8-13(2)14(9-12)10-15(11-18(21)22)19-20-16-5-3-4-6-17(16)23-19/h3-10H,11H2,1-2H3,(H,21,22)/p-1/b15-10+. The second-order valence-corrected chi connectivity index (χ2v) is 5.57. The highest BCUT2D eigenvalue weighted by Crippen LogP contribution is 2.26. The summed E-state index contributed by atoms with van der Waals surface area (Å²) < 4.78 is 5.70. The summed E-state index contributed by atoms with van der Waals surface area (Å²) in [7, 11) is 0. The lowest BCUT2D eigenvalue weighted by atomic mass is 10.0. The van der Waals surface area contributed by atoms with Gasteiger partial charge < -0.3 is 14.3 Å². The number of rotatable bonds is 4. The Balaban J connectivity index is 2.11. The number of aliphatic carboxylic acids is 1. The van der Waals surface area contributed by atoms with Gasteiger partial charge in [-0.25, -0.2) is 4.98 Å². The quantitative estimate of drug-likeness (QED) is 0.742. The van der Waals surface area contributed by atoms with Crippen molar-refractivity contribution >= 4 is 28.7 Å². The normalized spacial score (nSPS) is 11.8. The van der Waals surface area contributed by atoms with Gasteiger partial charge >= 0.3 is 0 Å². The van der Waals surface area contributed by atoms with Crippen molar-refractivity contribution < 1.29 is 14.3 Å². The van der Waals surface area contributed by atoms with Gasteiger partial charge in [-0.15, -0.1) is 0 Å². The van der Waals surface area contributed by atoms with Gasteiger partial charge in [0.2, 0.25) is 5.89 Å². The lowest BCUT2D eigenvalue weighted by molar-refractivity contribution is -0.304. The van der Waals surface area contributed by atoms with Crippen LogP contribution in [0.15, 0.2) is 46.9 Å². The Hall–Kier alpha value is -2.88. The molecule has 4 heteroatoms. The molecule has 3 rings (SSSR count). The molecule has 0 fully saturated rings. The number of para-hydroxylation sites is 2. The van der Waals surface area contributed by atoms with Crippen molar-refractivity contribution in [2.24, 2.45) is 0 Å². The van der Waals surface area contributed by atoms with E-state index in [1.165, 1.54) is 0 Å². The van der Waals surface area contributed by atoms with Crippen LogP contribution in [-0.2, 0) is 4.79 Å². The molecule has 2 aromatic carbocycles. The summed E-state index contributed by atoms with van der Waals surface area (Å²) >= 11 is 0. The van der Waals surface area contributed by atoms with Gasteiger partial charge in [0.1, 0.15) is 5.52 Å². The van der Waals surface area contributed by atoms with Crippen molar-refractivity contribution in [3.05, 3.63) is 65.0 Å². The zero-order valence-electron chi connectivity index (χ0n) is 13.0. The number of benzene rings is 2. The Bertz CT molecular complexity index is 873. The number of aromatic nitrogens is 1. The second kappa shape index (κ2) is 6.08. The molecule has 0 N–H and O–H groups in total. The number of carboxylic acid groups (broad SMARTS) is 1. The van der Waals surface area contributed by atoms with Crippen LogP contribution in [0.25, 0.3) is 22.7 Å². The number of nitrogens with zero attached hydrogens (tertiary/aromatic N) is 1. The molecule has 0 unspecified atom stereocenters. The number of oxazole rings is 1. The molecule has 0 saturated heterocycles. The SMILES string of the molecule is Cc1ccc(C)c(/C=C(\CC(=O)[O-])c2nc3ccccc3o2)c1. The van der Waals surface area contributed by atoms with E-state index in [-0.39, 0.29) is 6.42 Å². The van der Waals surface area contributed by atoms with E-state index in [2.05, 4.69) is 4.98 Å². The molecular weight excluding hydrogens is 290 g/mol. The molecular formula is C19H16NO3-. The third-order valence-electron chi connectivity index (χ3n) is 3.67. The molecule has 3 aromatic rings. The van der Waals surface area contributed by atoms with Crippen molar-refractivity contribution in [1.29, 1.82) is 0 Å². The van der Waals surface area contributed by atoms with E-state index >= 15 is 0 Å². The van der Waals surface area contributed by atoms with Crippen LogP contribution in [-0.4, -0.2) is 11.0 Å². The minimum atomic E-state index is -1.16. The predicted molar refractivity (Wildman–Crippen MR) is 87.4 cm³/mol. The van der Waals surface area contributed by atoms with Crippen LogP contribution in [0.3, 0.4) is 0 Å². The molecule has 23 heavy (non-hydrogen) atoms. The molecule has 0 amide bonds. The number of hydrogen-bond donors (Lipinski definition) is 0. The van der Waals surface area contributed by atoms with Crippen LogP contribution in [0.1, 0.15) is 29.0 Å². The van der Waals surface area contributed by atoms with E-state index in [0.29, 0.717) is 22.6 Å². The summed E-state index contributed by atoms with van der Waals surface area (Å²) in [6.07, 6.45) is 1.56. The smallest absolute Gasteiger partial charge is 0.223 e. The van der Waals surface area contributed by atoms with E-state index in [0.717, 1.165) is 16.7 Å². The fourth-order valence-corrected chi connectivity index (χ4v) is 2.46. The number of carboxylic acids is 1. The minimum Gasteiger partial charge on any atom is -0.550 e. The van der Waals surface area contributed by atoms with Gasteiger partial charge in [0, 0.05) is 18.0 Å². The third-order valence-corrected chi connectivity index (χ3v) is 3.67. The summed E-state index contributed by atoms with van der Waals surface area (Å²) in [6, 6.07) is 13.4. The van der Waals surface area contributed by atoms with E-state index in [1.54, 1.807) is 6.07 Å². The lowest BCUT2D eigenvalue weighted by Crippen LogP contribution is -2.22. The Morgan fingerprint density at radius 2 is 2.00 bits per heavy atom. The monoisotopic (exact) mass is 306 g/mol. The Morgan fingerprint density at radius 1 is 1.22 bits per heavy atom. The van der Waals surface area contributed by atoms with Crippen LogP contribution in [0, 0.1) is 13.8 Å². The van der Waals surface area contributed by atoms with Gasteiger partial charge in [-0.2, -0.15) is 0 Å². The minimum absolute atomic E-state index is 0.250. The van der Waals surface area contributed by atoms with Crippen molar-refractivity contribution in [3.8, 4) is 0 Å². The molecule has 0 atom stereocenters. The fourth-order valence-electron chi connectivity index (χ4n) is 2.46. The summed E-state index contributed by atoms with van der Waals surface area (Å²) in [4.78, 5) is 15.5. The topological polar surface area (TPSA) is 66.2 Å². The van der Waals surface area contributed by atoms with Crippen LogP contribution in [0.4, 0.5) is 0 Å². The lowest BCUT2D eigenvalue weighted by Gasteiger charge is -2.07. The first-order valence-electron chi connectivity index (χ1n) is 7.36. The van der Waals surface area contributed by atoms with E-state index in [9.17, 15) is 9.90 Å². The van der Waals surface area contributed by atoms with Gasteiger partial charge in [-0.05, 0) is 43.2 Å². The zero-order chi connectivity index (χ0) is 16.4. The van der Waals surface area contributed by atoms with Gasteiger partial charge in [-0.3, -0.25) is 0 Å². The third kappa shape index (κ3) is 3.31. The highest BCUT2D eigenvalue weighted by molar-refractivity contribution is 5.90. The fraction of sp³-hybridized carbons (Fsp3) is 0.158. The molecule has 116 valence electrons. The number of fused-ring (bicyclic) bond motifs is 1. The highest BCUT2D eigenvalue weighted by Gasteiger charge is 2.12. The average molecular weight is 306 g/mol. The van der Waals surface area contributed by atoms with E-state index in [4.69, 9.17) is 4.42 Å². The van der Waals surface area contributed by atoms with Crippen LogP contribution >= 0.6 is 0 Å². The van der Waals surface area contributed by atoms with Crippen molar-refractivity contribution in [2.75, 3.05) is 0 Å². The first-order chi connectivity index (χ1) is 11.0. The first kappa shape index (κ1) is 15.0. The van der Waals surface area contributed by atoms with Crippen molar-refractivity contribution in [3.63, 3.8) is 0 Å². The summed E-state index contributed by atoms with van der Waals surface area (Å²) in [5.41, 5.74) is 4.94. The van der Waals surface area contributed by atoms with Crippen LogP contribution in [0.2, 0.25) is 0 Å². The number of carbonyl (C=O) groups is 1. The van der Waals surface area contributed by atoms with Gasteiger partial charge in [-0.1, -0.05) is 35.9 Å². The molecule has 0 aliphatic heterocycles. The first-order valence-corrected chi connectivity index (χ1v) is 7.36. The van der Waals surface area contributed by atoms with Gasteiger partial charge in [0.15, 0.2) is 5.58 Å². The number of carbonyl (C=O) groups excluding carboxylic acids is 1. The molecule has 4 nitrogen and oxygen atoms in total. The maximum Gasteiger partial charge on any atom is 0.223 e. The second-order valence-electron chi connectivity index (χ2n) is 5.57. The van der Waals surface area contributed by atoms with E-state index < -0.39 is 5.97 Å². The molecule has 0 aliphatic rings. The Morgan fingerprint density at radius 3 is 2.74 bits per heavy atom. The van der Waals surface area contributed by atoms with Crippen LogP contribution < -0.4 is 5.11 Å². The molecule has 0 spiro atoms. The van der Waals surface area contributed by atoms with Gasteiger partial charge in [0.05, 0.1) is 0 Å². The maximum atomic E-state index is 11.1. The summed E-state index contributed by atoms with van der Waals surface area (Å²) in [6.45, 7) is 3.97. The zero-order valence-corrected chi connectivity index (χ0v) is 13.0. The van der Waals surface area contributed by atoms with Crippen molar-refractivity contribution in [2.45, 2.75) is 20.3 Å². The molecule has 1 heterocycles. The highest BCUT2D eigenvalue weighted by atomic mass is 16.4. The van der Waals surface area contributed by atoms with Crippen LogP contribution in [0.5, 0.6) is 0 Å². The molecule has 0 bridgehead atoms. The number of aryl methyl sites for hydroxylation is 2. The predicted octanol–water partition coefficient (Wildman–Crippen LogP) is 3.13. The molecule has 1 aromatic heterocycles. The van der Waals surface area contributed by atoms with Gasteiger partial charge in [0.25, 0.3) is 0 Å². The average Bonchev–Trinajstić information content (AvgIpc) is 2.93. The largest absolute Gasteiger partial charge is 0.550 e. The number of hydrogen-bond acceptors (Lipinski definition) is 4. The molecule has 0 aliphatic carbocycles. The maximum absolute atomic E-state index is 11.1. The summed E-state index contributed by atoms with van der Waals surface area (Å²) in [5, 5.41) is 11.1. The molecule has 0 saturated carbocycles. The van der Waals surface area contributed by atoms with E-state index in [1.807, 2.05) is 56.3 Å². The summed E-state index contributed by atoms with van der Waals surface area (Å²) in [5.74, 6) is -0.847. The van der Waals surface area contributed by atoms with Crippen molar-refractivity contribution in [1.82, 2.24) is 4.98 Å². The Labute approximate surface area is 134 Å². The molecule has 0 radical (unpaired) electrons.